The van der Waals surface area contributed by atoms with Gasteiger partial charge in [-0.3, -0.25) is 9.36 Å². The largest absolute Gasteiger partial charge is 0.388 e. The number of carbonyl (C=O) groups is 1. The molecule has 0 radical (unpaired) electrons. The van der Waals surface area contributed by atoms with Gasteiger partial charge in [0.15, 0.2) is 17.9 Å². The van der Waals surface area contributed by atoms with Crippen LogP contribution in [0.3, 0.4) is 0 Å². The van der Waals surface area contributed by atoms with Gasteiger partial charge in [0.05, 0.1) is 12.3 Å². The smallest absolute Gasteiger partial charge is 0.351 e. The summed E-state index contributed by atoms with van der Waals surface area (Å²) < 4.78 is 20.5. The first kappa shape index (κ1) is 28.4. The van der Waals surface area contributed by atoms with Crippen LogP contribution in [0.25, 0.3) is 0 Å². The zero-order valence-corrected chi connectivity index (χ0v) is 20.7. The normalized spacial score (nSPS) is 22.3. The molecule has 34 heavy (non-hydrogen) atoms. The summed E-state index contributed by atoms with van der Waals surface area (Å²) in [5.74, 6) is -1.75. The van der Waals surface area contributed by atoms with Crippen LogP contribution < -0.4 is 11.0 Å². The minimum Gasteiger partial charge on any atom is -0.388 e. The third-order valence-corrected chi connectivity index (χ3v) is 6.42. The fourth-order valence-electron chi connectivity index (χ4n) is 4.27. The first-order valence-corrected chi connectivity index (χ1v) is 12.9. The lowest BCUT2D eigenvalue weighted by Crippen LogP contribution is -2.36. The molecule has 0 aliphatic carbocycles. The summed E-state index contributed by atoms with van der Waals surface area (Å²) >= 11 is 0. The van der Waals surface area contributed by atoms with Crippen molar-refractivity contribution in [2.24, 2.45) is 0 Å². The summed E-state index contributed by atoms with van der Waals surface area (Å²) in [6, 6.07) is 0. The third kappa shape index (κ3) is 9.07. The molecule has 194 valence electrons. The van der Waals surface area contributed by atoms with E-state index in [1.54, 1.807) is 0 Å². The van der Waals surface area contributed by atoms with Crippen molar-refractivity contribution in [1.29, 1.82) is 0 Å². The summed E-state index contributed by atoms with van der Waals surface area (Å²) in [6.45, 7) is 3.77. The number of hydrogen-bond donors (Lipinski definition) is 3. The van der Waals surface area contributed by atoms with E-state index in [1.807, 2.05) is 0 Å². The van der Waals surface area contributed by atoms with Gasteiger partial charge in [-0.25, -0.2) is 9.18 Å². The molecule has 2 heterocycles. The molecule has 1 aliphatic heterocycles. The Labute approximate surface area is 201 Å². The predicted octanol–water partition coefficient (Wildman–Crippen LogP) is 4.44. The van der Waals surface area contributed by atoms with Crippen molar-refractivity contribution in [3.8, 4) is 0 Å². The molecule has 1 aromatic rings. The summed E-state index contributed by atoms with van der Waals surface area (Å²) in [7, 11) is 0. The zero-order chi connectivity index (χ0) is 24.9. The number of nitrogens with one attached hydrogen (secondary N) is 1. The van der Waals surface area contributed by atoms with Gasteiger partial charge >= 0.3 is 5.69 Å². The first-order valence-electron chi connectivity index (χ1n) is 12.9. The van der Waals surface area contributed by atoms with Crippen LogP contribution in [-0.2, 0) is 9.53 Å². The maximum Gasteiger partial charge on any atom is 0.351 e. The number of aliphatic hydroxyl groups is 2. The van der Waals surface area contributed by atoms with Crippen molar-refractivity contribution < 1.29 is 24.1 Å². The van der Waals surface area contributed by atoms with Crippen LogP contribution in [0, 0.1) is 5.82 Å². The Kier molecular flexibility index (Phi) is 12.7. The van der Waals surface area contributed by atoms with Crippen molar-refractivity contribution >= 4 is 11.7 Å². The van der Waals surface area contributed by atoms with E-state index in [0.717, 1.165) is 30.0 Å². The minimum atomic E-state index is -1.38. The van der Waals surface area contributed by atoms with Crippen LogP contribution in [0.15, 0.2) is 11.0 Å². The average molecular weight is 484 g/mol. The molecule has 0 unspecified atom stereocenters. The number of aliphatic hydroxyl groups excluding tert-OH is 2. The number of anilines is 1. The van der Waals surface area contributed by atoms with E-state index in [0.29, 0.717) is 6.42 Å². The van der Waals surface area contributed by atoms with Crippen LogP contribution in [0.4, 0.5) is 10.2 Å². The molecule has 0 spiro atoms. The van der Waals surface area contributed by atoms with Gasteiger partial charge in [-0.15, -0.1) is 0 Å². The van der Waals surface area contributed by atoms with Crippen LogP contribution in [0.5, 0.6) is 0 Å². The Morgan fingerprint density at radius 1 is 1.00 bits per heavy atom. The van der Waals surface area contributed by atoms with E-state index in [9.17, 15) is 24.2 Å². The van der Waals surface area contributed by atoms with Crippen molar-refractivity contribution in [2.75, 3.05) is 5.32 Å². The van der Waals surface area contributed by atoms with E-state index in [-0.39, 0.29) is 6.42 Å². The highest BCUT2D eigenvalue weighted by Crippen LogP contribution is 2.28. The second kappa shape index (κ2) is 15.2. The highest BCUT2D eigenvalue weighted by Gasteiger charge is 2.42. The lowest BCUT2D eigenvalue weighted by molar-refractivity contribution is -0.116. The summed E-state index contributed by atoms with van der Waals surface area (Å²) in [5.41, 5.74) is -0.886. The first-order chi connectivity index (χ1) is 16.3. The van der Waals surface area contributed by atoms with Gasteiger partial charge in [-0.2, -0.15) is 4.98 Å². The topological polar surface area (TPSA) is 114 Å². The molecule has 1 aliphatic rings. The summed E-state index contributed by atoms with van der Waals surface area (Å²) in [5, 5.41) is 22.1. The molecule has 4 atom stereocenters. The Balaban J connectivity index is 1.62. The number of unbranched alkanes of at least 4 members (excludes halogenated alkanes) is 12. The molecular formula is C25H42FN3O5. The van der Waals surface area contributed by atoms with Crippen molar-refractivity contribution in [3.63, 3.8) is 0 Å². The number of amides is 1. The highest BCUT2D eigenvalue weighted by molar-refractivity contribution is 5.89. The van der Waals surface area contributed by atoms with E-state index in [2.05, 4.69) is 17.2 Å². The maximum absolute atomic E-state index is 14.4. The van der Waals surface area contributed by atoms with Crippen LogP contribution >= 0.6 is 0 Å². The van der Waals surface area contributed by atoms with Crippen molar-refractivity contribution in [1.82, 2.24) is 9.55 Å². The molecule has 1 amide bonds. The SMILES string of the molecule is CCCCCCCCCCCCCCCC(=O)Nc1nc(=O)n([C@@H]2O[C@H](C)[C@@H](O)[C@H]2O)cc1F. The van der Waals surface area contributed by atoms with Crippen molar-refractivity contribution in [3.05, 3.63) is 22.5 Å². The number of rotatable bonds is 16. The van der Waals surface area contributed by atoms with Gasteiger partial charge in [0.1, 0.15) is 12.2 Å². The Hall–Kier alpha value is -1.84. The fourth-order valence-corrected chi connectivity index (χ4v) is 4.27. The Morgan fingerprint density at radius 3 is 2.03 bits per heavy atom. The van der Waals surface area contributed by atoms with Gasteiger partial charge in [0, 0.05) is 6.42 Å². The second-order valence-electron chi connectivity index (χ2n) is 9.38. The summed E-state index contributed by atoms with van der Waals surface area (Å²) in [6.07, 6.45) is 12.2. The number of carbonyl (C=O) groups excluding carboxylic acids is 1. The van der Waals surface area contributed by atoms with E-state index in [4.69, 9.17) is 4.74 Å². The molecule has 0 bridgehead atoms. The van der Waals surface area contributed by atoms with E-state index < -0.39 is 47.8 Å². The molecule has 9 heteroatoms. The second-order valence-corrected chi connectivity index (χ2v) is 9.38. The monoisotopic (exact) mass is 483 g/mol. The number of nitrogens with zero attached hydrogens (tertiary/aromatic N) is 2. The predicted molar refractivity (Wildman–Crippen MR) is 129 cm³/mol. The van der Waals surface area contributed by atoms with Crippen LogP contribution in [-0.4, -0.2) is 44.0 Å². The maximum atomic E-state index is 14.4. The molecule has 1 saturated heterocycles. The zero-order valence-electron chi connectivity index (χ0n) is 20.7. The highest BCUT2D eigenvalue weighted by atomic mass is 19.1. The number of ether oxygens (including phenoxy) is 1. The van der Waals surface area contributed by atoms with Gasteiger partial charge in [-0.1, -0.05) is 84.0 Å². The molecule has 0 aromatic carbocycles. The van der Waals surface area contributed by atoms with Gasteiger partial charge in [0.2, 0.25) is 5.91 Å². The molecule has 8 nitrogen and oxygen atoms in total. The standard InChI is InChI=1S/C25H42FN3O5/c1-3-4-5-6-7-8-9-10-11-12-13-14-15-16-20(30)27-23-19(26)17-29(25(33)28-23)24-22(32)21(31)18(2)34-24/h17-18,21-22,24,31-32H,3-16H2,1-2H3,(H,27,28,30,33)/t18-,21-,22-,24-/m1/s1. The average Bonchev–Trinajstić information content (AvgIpc) is 3.06. The van der Waals surface area contributed by atoms with Crippen LogP contribution in [0.1, 0.15) is 110 Å². The molecule has 1 fully saturated rings. The van der Waals surface area contributed by atoms with Crippen LogP contribution in [0.2, 0.25) is 0 Å². The molecule has 2 rings (SSSR count). The minimum absolute atomic E-state index is 0.232. The van der Waals surface area contributed by atoms with Gasteiger partial charge in [-0.05, 0) is 13.3 Å². The molecule has 1 aromatic heterocycles. The summed E-state index contributed by atoms with van der Waals surface area (Å²) in [4.78, 5) is 28.0. The Morgan fingerprint density at radius 2 is 1.53 bits per heavy atom. The Bertz CT molecular complexity index is 803. The lowest BCUT2D eigenvalue weighted by Gasteiger charge is -2.17. The fraction of sp³-hybridized carbons (Fsp3) is 0.800. The number of aromatic nitrogens is 2. The number of hydrogen-bond acceptors (Lipinski definition) is 6. The number of halogens is 1. The molecular weight excluding hydrogens is 441 g/mol. The van der Waals surface area contributed by atoms with Crippen molar-refractivity contribution in [2.45, 2.75) is 128 Å². The molecule has 3 N–H and O–H groups in total. The lowest BCUT2D eigenvalue weighted by atomic mass is 10.0. The van der Waals surface area contributed by atoms with E-state index >= 15 is 0 Å². The van der Waals surface area contributed by atoms with E-state index in [1.165, 1.54) is 64.7 Å². The third-order valence-electron chi connectivity index (χ3n) is 6.42. The molecule has 0 saturated carbocycles. The quantitative estimate of drug-likeness (QED) is 0.300. The van der Waals surface area contributed by atoms with Gasteiger partial charge < -0.3 is 20.3 Å². The van der Waals surface area contributed by atoms with Gasteiger partial charge in [0.25, 0.3) is 0 Å².